The van der Waals surface area contributed by atoms with Gasteiger partial charge in [0.1, 0.15) is 0 Å². The zero-order valence-electron chi connectivity index (χ0n) is 19.6. The van der Waals surface area contributed by atoms with Gasteiger partial charge in [-0.3, -0.25) is 14.6 Å². The fourth-order valence-electron chi connectivity index (χ4n) is 4.69. The number of nitrogens with zero attached hydrogens (tertiary/aromatic N) is 3. The third kappa shape index (κ3) is 4.97. The number of halogens is 1. The van der Waals surface area contributed by atoms with Crippen LogP contribution < -0.4 is 0 Å². The number of methoxy groups -OCH3 is 1. The summed E-state index contributed by atoms with van der Waals surface area (Å²) in [4.78, 5) is 45.9. The van der Waals surface area contributed by atoms with E-state index in [1.54, 1.807) is 17.0 Å². The van der Waals surface area contributed by atoms with Crippen molar-refractivity contribution in [3.8, 4) is 0 Å². The van der Waals surface area contributed by atoms with Crippen LogP contribution in [0.5, 0.6) is 0 Å². The first kappa shape index (κ1) is 24.3. The van der Waals surface area contributed by atoms with Crippen molar-refractivity contribution in [1.82, 2.24) is 14.8 Å². The van der Waals surface area contributed by atoms with Crippen molar-refractivity contribution in [3.63, 3.8) is 0 Å². The van der Waals surface area contributed by atoms with Crippen LogP contribution in [0.3, 0.4) is 0 Å². The topological polar surface area (TPSA) is 89.0 Å². The Morgan fingerprint density at radius 2 is 1.97 bits per heavy atom. The Balaban J connectivity index is 1.56. The van der Waals surface area contributed by atoms with Crippen LogP contribution in [0, 0.1) is 0 Å². The van der Waals surface area contributed by atoms with E-state index in [4.69, 9.17) is 26.1 Å². The standard InChI is InChI=1S/C25H30ClN3O5/c1-3-12-34-25(32)29-11-10-28(15-17(29)14-22(30)33-2)24(31)16-8-9-19-21(13-16)27-20-7-5-4-6-18(20)23(19)26/h8-9,13,17H,3-7,10-12,14-15H2,1-2H3. The van der Waals surface area contributed by atoms with Crippen molar-refractivity contribution in [2.45, 2.75) is 51.5 Å². The lowest BCUT2D eigenvalue weighted by atomic mass is 9.94. The molecule has 0 spiro atoms. The predicted molar refractivity (Wildman–Crippen MR) is 128 cm³/mol. The quantitative estimate of drug-likeness (QED) is 0.592. The number of pyridine rings is 1. The second-order valence-electron chi connectivity index (χ2n) is 8.78. The average molecular weight is 488 g/mol. The van der Waals surface area contributed by atoms with E-state index in [2.05, 4.69) is 0 Å². The van der Waals surface area contributed by atoms with Gasteiger partial charge in [0.15, 0.2) is 0 Å². The summed E-state index contributed by atoms with van der Waals surface area (Å²) in [6, 6.07) is 4.90. The van der Waals surface area contributed by atoms with Gasteiger partial charge in [-0.15, -0.1) is 0 Å². The van der Waals surface area contributed by atoms with Gasteiger partial charge in [0.25, 0.3) is 5.91 Å². The Morgan fingerprint density at radius 1 is 1.18 bits per heavy atom. The molecule has 8 nitrogen and oxygen atoms in total. The number of hydrogen-bond donors (Lipinski definition) is 0. The molecule has 0 bridgehead atoms. The molecule has 1 aromatic heterocycles. The van der Waals surface area contributed by atoms with Gasteiger partial charge in [0, 0.05) is 36.3 Å². The maximum absolute atomic E-state index is 13.4. The molecule has 0 saturated carbocycles. The van der Waals surface area contributed by atoms with Crippen LogP contribution in [0.15, 0.2) is 18.2 Å². The lowest BCUT2D eigenvalue weighted by Gasteiger charge is -2.40. The Kier molecular flexibility index (Phi) is 7.56. The maximum Gasteiger partial charge on any atom is 0.410 e. The van der Waals surface area contributed by atoms with E-state index in [0.29, 0.717) is 30.7 Å². The van der Waals surface area contributed by atoms with Gasteiger partial charge >= 0.3 is 12.1 Å². The van der Waals surface area contributed by atoms with Crippen molar-refractivity contribution in [2.75, 3.05) is 33.4 Å². The number of benzene rings is 1. The highest BCUT2D eigenvalue weighted by Crippen LogP contribution is 2.33. The van der Waals surface area contributed by atoms with Gasteiger partial charge in [-0.1, -0.05) is 24.6 Å². The highest BCUT2D eigenvalue weighted by Gasteiger charge is 2.35. The number of aryl methyl sites for hydroxylation is 1. The van der Waals surface area contributed by atoms with Gasteiger partial charge in [-0.05, 0) is 49.8 Å². The number of ether oxygens (including phenoxy) is 2. The molecule has 1 atom stereocenters. The highest BCUT2D eigenvalue weighted by atomic mass is 35.5. The second-order valence-corrected chi connectivity index (χ2v) is 9.16. The normalized spacial score (nSPS) is 17.9. The van der Waals surface area contributed by atoms with Gasteiger partial charge in [-0.25, -0.2) is 4.79 Å². The number of carbonyl (C=O) groups excluding carboxylic acids is 3. The number of esters is 1. The van der Waals surface area contributed by atoms with E-state index in [1.807, 2.05) is 13.0 Å². The summed E-state index contributed by atoms with van der Waals surface area (Å²) < 4.78 is 10.1. The smallest absolute Gasteiger partial charge is 0.410 e. The molecule has 2 aromatic rings. The summed E-state index contributed by atoms with van der Waals surface area (Å²) >= 11 is 6.67. The first-order chi connectivity index (χ1) is 16.4. The second kappa shape index (κ2) is 10.6. The third-order valence-corrected chi connectivity index (χ3v) is 6.94. The number of carbonyl (C=O) groups is 3. The molecule has 4 rings (SSSR count). The van der Waals surface area contributed by atoms with Crippen LogP contribution in [0.25, 0.3) is 10.9 Å². The minimum atomic E-state index is -0.519. The summed E-state index contributed by atoms with van der Waals surface area (Å²) in [6.07, 6.45) is 4.25. The molecular formula is C25H30ClN3O5. The number of amides is 2. The molecule has 34 heavy (non-hydrogen) atoms. The minimum Gasteiger partial charge on any atom is -0.469 e. The molecule has 1 unspecified atom stereocenters. The Morgan fingerprint density at radius 3 is 2.74 bits per heavy atom. The molecule has 1 aromatic carbocycles. The molecule has 2 aliphatic rings. The van der Waals surface area contributed by atoms with Gasteiger partial charge < -0.3 is 19.3 Å². The van der Waals surface area contributed by atoms with Crippen LogP contribution in [0.1, 0.15) is 54.2 Å². The van der Waals surface area contributed by atoms with Gasteiger partial charge in [-0.2, -0.15) is 0 Å². The molecule has 0 radical (unpaired) electrons. The zero-order chi connectivity index (χ0) is 24.2. The fourth-order valence-corrected chi connectivity index (χ4v) is 5.05. The van der Waals surface area contributed by atoms with Crippen molar-refractivity contribution < 1.29 is 23.9 Å². The van der Waals surface area contributed by atoms with Crippen LogP contribution in [0.2, 0.25) is 5.02 Å². The largest absolute Gasteiger partial charge is 0.469 e. The number of hydrogen-bond acceptors (Lipinski definition) is 6. The predicted octanol–water partition coefficient (Wildman–Crippen LogP) is 4.00. The minimum absolute atomic E-state index is 0.0114. The summed E-state index contributed by atoms with van der Waals surface area (Å²) in [5.74, 6) is -0.615. The van der Waals surface area contributed by atoms with E-state index in [1.165, 1.54) is 12.0 Å². The van der Waals surface area contributed by atoms with Crippen LogP contribution in [-0.2, 0) is 27.1 Å². The van der Waals surface area contributed by atoms with E-state index in [-0.39, 0.29) is 25.4 Å². The van der Waals surface area contributed by atoms with Crippen LogP contribution >= 0.6 is 11.6 Å². The molecule has 1 aliphatic carbocycles. The van der Waals surface area contributed by atoms with E-state index in [9.17, 15) is 14.4 Å². The number of fused-ring (bicyclic) bond motifs is 2. The van der Waals surface area contributed by atoms with Crippen LogP contribution in [-0.4, -0.2) is 72.1 Å². The van der Waals surface area contributed by atoms with E-state index >= 15 is 0 Å². The van der Waals surface area contributed by atoms with Gasteiger partial charge in [0.05, 0.1) is 36.7 Å². The van der Waals surface area contributed by atoms with Crippen molar-refractivity contribution in [3.05, 3.63) is 40.0 Å². The Hall–Kier alpha value is -2.87. The van der Waals surface area contributed by atoms with Crippen molar-refractivity contribution in [2.24, 2.45) is 0 Å². The monoisotopic (exact) mass is 487 g/mol. The highest BCUT2D eigenvalue weighted by molar-refractivity contribution is 6.36. The number of piperazine rings is 1. The summed E-state index contributed by atoms with van der Waals surface area (Å²) in [7, 11) is 1.31. The van der Waals surface area contributed by atoms with Crippen LogP contribution in [0.4, 0.5) is 4.79 Å². The fraction of sp³-hybridized carbons (Fsp3) is 0.520. The lowest BCUT2D eigenvalue weighted by Crippen LogP contribution is -2.57. The molecule has 1 aliphatic heterocycles. The molecular weight excluding hydrogens is 458 g/mol. The van der Waals surface area contributed by atoms with Gasteiger partial charge in [0.2, 0.25) is 0 Å². The number of rotatable bonds is 5. The maximum atomic E-state index is 13.4. The Labute approximate surface area is 204 Å². The zero-order valence-corrected chi connectivity index (χ0v) is 20.4. The molecule has 0 N–H and O–H groups in total. The SMILES string of the molecule is CCCOC(=O)N1CCN(C(=O)c2ccc3c(Cl)c4c(nc3c2)CCCC4)CC1CC(=O)OC. The molecule has 9 heteroatoms. The Bertz CT molecular complexity index is 1110. The first-order valence-electron chi connectivity index (χ1n) is 11.8. The molecule has 182 valence electrons. The van der Waals surface area contributed by atoms with E-state index < -0.39 is 18.1 Å². The summed E-state index contributed by atoms with van der Waals surface area (Å²) in [6.45, 7) is 3.05. The van der Waals surface area contributed by atoms with Crippen molar-refractivity contribution >= 4 is 40.5 Å². The number of aromatic nitrogens is 1. The molecule has 1 fully saturated rings. The third-order valence-electron chi connectivity index (χ3n) is 6.50. The lowest BCUT2D eigenvalue weighted by molar-refractivity contribution is -0.142. The molecule has 1 saturated heterocycles. The first-order valence-corrected chi connectivity index (χ1v) is 12.2. The summed E-state index contributed by atoms with van der Waals surface area (Å²) in [5, 5.41) is 1.59. The summed E-state index contributed by atoms with van der Waals surface area (Å²) in [5.41, 5.74) is 3.36. The molecule has 2 amide bonds. The molecule has 2 heterocycles. The average Bonchev–Trinajstić information content (AvgIpc) is 2.86. The van der Waals surface area contributed by atoms with E-state index in [0.717, 1.165) is 47.3 Å². The van der Waals surface area contributed by atoms with Crippen molar-refractivity contribution in [1.29, 1.82) is 0 Å².